The number of hydrogen-bond donors (Lipinski definition) is 0. The van der Waals surface area contributed by atoms with Gasteiger partial charge in [0, 0.05) is 0 Å². The first-order valence-corrected chi connectivity index (χ1v) is 6.31. The third kappa shape index (κ3) is 8.15. The maximum Gasteiger partial charge on any atom is 1.00 e. The Morgan fingerprint density at radius 3 is 2.20 bits per heavy atom. The van der Waals surface area contributed by atoms with Gasteiger partial charge in [-0.25, -0.2) is 0 Å². The van der Waals surface area contributed by atoms with Crippen LogP contribution in [-0.2, 0) is 6.42 Å². The second-order valence-electron chi connectivity index (χ2n) is 3.30. The monoisotopic (exact) mass is 230 g/mol. The molecule has 0 aromatic heterocycles. The number of hydrogen-bond acceptors (Lipinski definition) is 1. The van der Waals surface area contributed by atoms with E-state index in [0.29, 0.717) is 0 Å². The van der Waals surface area contributed by atoms with Crippen molar-refractivity contribution in [3.63, 3.8) is 0 Å². The van der Waals surface area contributed by atoms with Crippen LogP contribution in [0.4, 0.5) is 0 Å². The van der Waals surface area contributed by atoms with Gasteiger partial charge in [0.05, 0.1) is 0 Å². The molecule has 0 spiro atoms. The zero-order valence-corrected chi connectivity index (χ0v) is 12.4. The molecule has 2 heteroatoms. The largest absolute Gasteiger partial charge is 1.00 e. The minimum Gasteiger partial charge on any atom is -1.00 e. The van der Waals surface area contributed by atoms with Gasteiger partial charge < -0.3 is 1.43 Å². The summed E-state index contributed by atoms with van der Waals surface area (Å²) in [6.45, 7) is 3.66. The Labute approximate surface area is 121 Å². The summed E-state index contributed by atoms with van der Waals surface area (Å²) in [4.78, 5) is 0. The molecule has 0 amide bonds. The molecule has 0 radical (unpaired) electrons. The minimum absolute atomic E-state index is 0. The fraction of sp³-hybridized carbons (Fsp3) is 0.385. The molecule has 0 bridgehead atoms. The van der Waals surface area contributed by atoms with Gasteiger partial charge in [0.25, 0.3) is 0 Å². The zero-order valence-electron chi connectivity index (χ0n) is 10.6. The third-order valence-electron chi connectivity index (χ3n) is 2.05. The van der Waals surface area contributed by atoms with Crippen LogP contribution in [0.25, 0.3) is 0 Å². The zero-order chi connectivity index (χ0) is 10.1. The van der Waals surface area contributed by atoms with E-state index < -0.39 is 0 Å². The molecule has 1 saturated heterocycles. The van der Waals surface area contributed by atoms with Crippen molar-refractivity contribution < 1.29 is 31.0 Å². The molecule has 0 unspecified atom stereocenters. The van der Waals surface area contributed by atoms with Crippen LogP contribution < -0.4 is 29.6 Å². The van der Waals surface area contributed by atoms with Crippen LogP contribution in [0.5, 0.6) is 0 Å². The van der Waals surface area contributed by atoms with Gasteiger partial charge in [-0.05, 0) is 36.3 Å². The maximum absolute atomic E-state index is 3.66. The normalized spacial score (nSPS) is 13.3. The average Bonchev–Trinajstić information content (AvgIpc) is 2.78. The van der Waals surface area contributed by atoms with Gasteiger partial charge in [-0.3, -0.25) is 0 Å². The van der Waals surface area contributed by atoms with Crippen LogP contribution in [0.1, 0.15) is 19.8 Å². The van der Waals surface area contributed by atoms with E-state index >= 15 is 0 Å². The first-order chi connectivity index (χ1) is 6.93. The molecule has 0 atom stereocenters. The van der Waals surface area contributed by atoms with Crippen LogP contribution in [-0.4, -0.2) is 11.5 Å². The quantitative estimate of drug-likeness (QED) is 0.540. The van der Waals surface area contributed by atoms with Gasteiger partial charge in [0.15, 0.2) is 0 Å². The van der Waals surface area contributed by atoms with Gasteiger partial charge in [-0.1, -0.05) is 36.4 Å². The maximum atomic E-state index is 3.66. The van der Waals surface area contributed by atoms with Gasteiger partial charge >= 0.3 is 29.6 Å². The Balaban J connectivity index is 0. The van der Waals surface area contributed by atoms with E-state index in [-0.39, 0.29) is 31.0 Å². The first-order valence-electron chi connectivity index (χ1n) is 5.16. The van der Waals surface area contributed by atoms with Gasteiger partial charge in [-0.2, -0.15) is 11.8 Å². The Bertz CT molecular complexity index is 240. The van der Waals surface area contributed by atoms with Gasteiger partial charge in [0.1, 0.15) is 0 Å². The molecule has 1 aromatic carbocycles. The van der Waals surface area contributed by atoms with Crippen molar-refractivity contribution in [2.24, 2.45) is 0 Å². The average molecular weight is 230 g/mol. The predicted molar refractivity (Wildman–Crippen MR) is 68.0 cm³/mol. The van der Waals surface area contributed by atoms with Crippen molar-refractivity contribution in [2.45, 2.75) is 19.3 Å². The number of benzene rings is 1. The van der Waals surface area contributed by atoms with E-state index in [2.05, 4.69) is 30.5 Å². The van der Waals surface area contributed by atoms with Crippen molar-refractivity contribution in [2.75, 3.05) is 11.5 Å². The first kappa shape index (κ1) is 15.3. The molecule has 0 saturated carbocycles. The molecule has 1 fully saturated rings. The summed E-state index contributed by atoms with van der Waals surface area (Å²) < 4.78 is 0. The number of allylic oxidation sites excluding steroid dienone is 1. The Morgan fingerprint density at radius 2 is 1.80 bits per heavy atom. The fourth-order valence-corrected chi connectivity index (χ4v) is 2.31. The summed E-state index contributed by atoms with van der Waals surface area (Å²) in [5.74, 6) is 2.83. The van der Waals surface area contributed by atoms with E-state index in [1.54, 1.807) is 0 Å². The molecular formula is C13H19NaS. The standard InChI is InChI=1S/C9H10.C4H8S.Na.H/c1-2-6-9-7-4-3-5-8-9;1-2-4-5-3-1;;/h2-5,7-8H,1,6H2;1-4H2;;/q;;+1;-1. The minimum atomic E-state index is 0. The van der Waals surface area contributed by atoms with Crippen molar-refractivity contribution in [3.8, 4) is 0 Å². The summed E-state index contributed by atoms with van der Waals surface area (Å²) in [5, 5.41) is 0. The molecule has 15 heavy (non-hydrogen) atoms. The molecule has 0 aliphatic carbocycles. The second kappa shape index (κ2) is 10.8. The summed E-state index contributed by atoms with van der Waals surface area (Å²) >= 11 is 2.07. The Hall–Kier alpha value is 0.310. The van der Waals surface area contributed by atoms with Crippen LogP contribution in [0.15, 0.2) is 43.0 Å². The van der Waals surface area contributed by atoms with E-state index in [0.717, 1.165) is 6.42 Å². The predicted octanol–water partition coefficient (Wildman–Crippen LogP) is 1.04. The topological polar surface area (TPSA) is 0 Å². The molecule has 1 aliphatic rings. The SMILES string of the molecule is C1CCSC1.C=CCc1ccccc1.[H-].[Na+]. The van der Waals surface area contributed by atoms with E-state index in [1.165, 1.54) is 29.9 Å². The van der Waals surface area contributed by atoms with Crippen molar-refractivity contribution in [3.05, 3.63) is 48.6 Å². The van der Waals surface area contributed by atoms with Crippen LogP contribution in [0.2, 0.25) is 0 Å². The molecule has 1 aromatic rings. The molecule has 0 N–H and O–H groups in total. The molecule has 0 nitrogen and oxygen atoms in total. The molecule has 78 valence electrons. The molecular weight excluding hydrogens is 211 g/mol. The Morgan fingerprint density at radius 1 is 1.20 bits per heavy atom. The summed E-state index contributed by atoms with van der Waals surface area (Å²) in [6, 6.07) is 10.3. The molecule has 1 aliphatic heterocycles. The summed E-state index contributed by atoms with van der Waals surface area (Å²) in [6.07, 6.45) is 5.81. The number of thioether (sulfide) groups is 1. The van der Waals surface area contributed by atoms with Gasteiger partial charge in [0.2, 0.25) is 0 Å². The molecule has 2 rings (SSSR count). The molecule has 1 heterocycles. The van der Waals surface area contributed by atoms with Crippen LogP contribution in [0, 0.1) is 0 Å². The van der Waals surface area contributed by atoms with Crippen LogP contribution >= 0.6 is 11.8 Å². The summed E-state index contributed by atoms with van der Waals surface area (Å²) in [5.41, 5.74) is 1.33. The van der Waals surface area contributed by atoms with E-state index in [9.17, 15) is 0 Å². The van der Waals surface area contributed by atoms with E-state index in [1.807, 2.05) is 24.3 Å². The van der Waals surface area contributed by atoms with Crippen LogP contribution in [0.3, 0.4) is 0 Å². The number of rotatable bonds is 2. The summed E-state index contributed by atoms with van der Waals surface area (Å²) in [7, 11) is 0. The Kier molecular flexibility index (Phi) is 11.0. The smallest absolute Gasteiger partial charge is 1.00 e. The van der Waals surface area contributed by atoms with E-state index in [4.69, 9.17) is 0 Å². The second-order valence-corrected chi connectivity index (χ2v) is 4.52. The third-order valence-corrected chi connectivity index (χ3v) is 3.20. The van der Waals surface area contributed by atoms with Crippen molar-refractivity contribution in [1.29, 1.82) is 0 Å². The fourth-order valence-electron chi connectivity index (χ4n) is 1.29. The van der Waals surface area contributed by atoms with Crippen molar-refractivity contribution in [1.82, 2.24) is 0 Å². The van der Waals surface area contributed by atoms with Gasteiger partial charge in [-0.15, -0.1) is 6.58 Å². The van der Waals surface area contributed by atoms with Crippen molar-refractivity contribution >= 4 is 11.8 Å².